The van der Waals surface area contributed by atoms with E-state index in [1.54, 1.807) is 6.08 Å². The zero-order valence-electron chi connectivity index (χ0n) is 29.7. The normalized spacial score (nSPS) is 11.5. The molecule has 0 aromatic heterocycles. The second kappa shape index (κ2) is 44.3. The molecule has 0 amide bonds. The van der Waals surface area contributed by atoms with Crippen molar-refractivity contribution in [2.45, 2.75) is 90.4 Å². The molecule has 0 spiro atoms. The highest BCUT2D eigenvalue weighted by molar-refractivity contribution is 4.63. The smallest absolute Gasteiger partial charge is 0.0704 e. The first-order valence-corrected chi connectivity index (χ1v) is 18.3. The molecule has 46 heavy (non-hydrogen) atoms. The third kappa shape index (κ3) is 43.3. The monoisotopic (exact) mass is 665 g/mol. The molecular formula is C36H72O10. The van der Waals surface area contributed by atoms with Crippen molar-refractivity contribution in [3.05, 3.63) is 12.7 Å². The highest BCUT2D eigenvalue weighted by Gasteiger charge is 1.97. The molecule has 0 aromatic carbocycles. The molecule has 0 heterocycles. The van der Waals surface area contributed by atoms with Crippen molar-refractivity contribution in [3.8, 4) is 0 Å². The van der Waals surface area contributed by atoms with E-state index in [1.807, 2.05) is 0 Å². The third-order valence-corrected chi connectivity index (χ3v) is 6.98. The van der Waals surface area contributed by atoms with Gasteiger partial charge in [0.25, 0.3) is 0 Å². The Morgan fingerprint density at radius 2 is 0.500 bits per heavy atom. The fourth-order valence-corrected chi connectivity index (χ4v) is 4.37. The number of unbranched alkanes of at least 4 members (excludes halogenated alkanes) is 12. The SMILES string of the molecule is C=CCOCCOCCOCCOCCOCCOCCOCCOCCOCCOCCCCCCCCCCCCCCC. The van der Waals surface area contributed by atoms with Gasteiger partial charge in [-0.25, -0.2) is 0 Å². The minimum atomic E-state index is 0.529. The Labute approximate surface area is 282 Å². The molecule has 0 unspecified atom stereocenters. The standard InChI is InChI=1S/C36H72O10/c1-3-5-6-7-8-9-10-11-12-13-14-15-16-18-38-20-22-40-24-26-42-28-30-44-32-34-46-36-35-45-33-31-43-29-27-41-25-23-39-21-19-37-17-4-2/h4H,2-3,5-36H2,1H3. The molecule has 276 valence electrons. The maximum absolute atomic E-state index is 5.67. The number of ether oxygens (including phenoxy) is 10. The summed E-state index contributed by atoms with van der Waals surface area (Å²) in [6, 6.07) is 0. The lowest BCUT2D eigenvalue weighted by Gasteiger charge is -2.09. The average molecular weight is 665 g/mol. The van der Waals surface area contributed by atoms with Crippen LogP contribution < -0.4 is 0 Å². The van der Waals surface area contributed by atoms with Gasteiger partial charge in [-0.2, -0.15) is 0 Å². The molecule has 0 saturated carbocycles. The van der Waals surface area contributed by atoms with Gasteiger partial charge in [0.2, 0.25) is 0 Å². The van der Waals surface area contributed by atoms with Crippen molar-refractivity contribution in [2.75, 3.05) is 132 Å². The molecule has 0 aliphatic carbocycles. The minimum absolute atomic E-state index is 0.529. The summed E-state index contributed by atoms with van der Waals surface area (Å²) in [6.07, 6.45) is 19.5. The quantitative estimate of drug-likeness (QED) is 0.0537. The lowest BCUT2D eigenvalue weighted by Crippen LogP contribution is -2.15. The van der Waals surface area contributed by atoms with Gasteiger partial charge in [-0.1, -0.05) is 90.0 Å². The summed E-state index contributed by atoms with van der Waals surface area (Å²) in [5, 5.41) is 0. The Bertz CT molecular complexity index is 541. The van der Waals surface area contributed by atoms with Crippen LogP contribution in [-0.2, 0) is 47.4 Å². The summed E-state index contributed by atoms with van der Waals surface area (Å²) in [5.74, 6) is 0. The molecule has 0 fully saturated rings. The molecule has 0 aliphatic rings. The van der Waals surface area contributed by atoms with E-state index in [9.17, 15) is 0 Å². The van der Waals surface area contributed by atoms with Crippen LogP contribution in [0, 0.1) is 0 Å². The first kappa shape index (κ1) is 45.3. The van der Waals surface area contributed by atoms with Gasteiger partial charge in [-0.3, -0.25) is 0 Å². The summed E-state index contributed by atoms with van der Waals surface area (Å²) < 4.78 is 54.7. The highest BCUT2D eigenvalue weighted by atomic mass is 16.6. The molecule has 0 rings (SSSR count). The van der Waals surface area contributed by atoms with Gasteiger partial charge in [-0.15, -0.1) is 6.58 Å². The summed E-state index contributed by atoms with van der Waals surface area (Å²) in [7, 11) is 0. The number of hydrogen-bond acceptors (Lipinski definition) is 10. The molecule has 0 N–H and O–H groups in total. The molecule has 0 saturated heterocycles. The van der Waals surface area contributed by atoms with E-state index in [-0.39, 0.29) is 0 Å². The van der Waals surface area contributed by atoms with Crippen molar-refractivity contribution >= 4 is 0 Å². The van der Waals surface area contributed by atoms with Crippen molar-refractivity contribution in [1.82, 2.24) is 0 Å². The summed E-state index contributed by atoms with van der Waals surface area (Å²) in [4.78, 5) is 0. The van der Waals surface area contributed by atoms with E-state index in [2.05, 4.69) is 13.5 Å². The fourth-order valence-electron chi connectivity index (χ4n) is 4.37. The predicted octanol–water partition coefficient (Wildman–Crippen LogP) is 6.43. The lowest BCUT2D eigenvalue weighted by atomic mass is 10.0. The lowest BCUT2D eigenvalue weighted by molar-refractivity contribution is -0.0261. The zero-order valence-corrected chi connectivity index (χ0v) is 29.7. The van der Waals surface area contributed by atoms with Crippen LogP contribution in [-0.4, -0.2) is 132 Å². The molecule has 0 aromatic rings. The number of rotatable bonds is 43. The summed E-state index contributed by atoms with van der Waals surface area (Å²) in [5.41, 5.74) is 0. The van der Waals surface area contributed by atoms with E-state index in [4.69, 9.17) is 47.4 Å². The molecule has 10 heteroatoms. The van der Waals surface area contributed by atoms with Crippen LogP contribution >= 0.6 is 0 Å². The van der Waals surface area contributed by atoms with Crippen LogP contribution in [0.2, 0.25) is 0 Å². The first-order chi connectivity index (χ1) is 22.9. The Morgan fingerprint density at radius 1 is 0.283 bits per heavy atom. The maximum atomic E-state index is 5.67. The van der Waals surface area contributed by atoms with E-state index >= 15 is 0 Å². The van der Waals surface area contributed by atoms with E-state index in [0.717, 1.165) is 13.0 Å². The molecule has 10 nitrogen and oxygen atoms in total. The Kier molecular flexibility index (Phi) is 43.7. The third-order valence-electron chi connectivity index (χ3n) is 6.98. The van der Waals surface area contributed by atoms with Crippen LogP contribution in [0.3, 0.4) is 0 Å². The van der Waals surface area contributed by atoms with E-state index < -0.39 is 0 Å². The van der Waals surface area contributed by atoms with Gasteiger partial charge in [0.15, 0.2) is 0 Å². The summed E-state index contributed by atoms with van der Waals surface area (Å²) >= 11 is 0. The number of hydrogen-bond donors (Lipinski definition) is 0. The van der Waals surface area contributed by atoms with Crippen molar-refractivity contribution in [1.29, 1.82) is 0 Å². The maximum Gasteiger partial charge on any atom is 0.0704 e. The highest BCUT2D eigenvalue weighted by Crippen LogP contribution is 2.12. The van der Waals surface area contributed by atoms with Crippen LogP contribution in [0.15, 0.2) is 12.7 Å². The van der Waals surface area contributed by atoms with Gasteiger partial charge in [0.1, 0.15) is 0 Å². The average Bonchev–Trinajstić information content (AvgIpc) is 3.07. The molecule has 0 atom stereocenters. The van der Waals surface area contributed by atoms with Gasteiger partial charge < -0.3 is 47.4 Å². The topological polar surface area (TPSA) is 92.3 Å². The van der Waals surface area contributed by atoms with Gasteiger partial charge >= 0.3 is 0 Å². The van der Waals surface area contributed by atoms with Crippen LogP contribution in [0.4, 0.5) is 0 Å². The van der Waals surface area contributed by atoms with Gasteiger partial charge in [0.05, 0.1) is 126 Å². The van der Waals surface area contributed by atoms with Crippen LogP contribution in [0.25, 0.3) is 0 Å². The largest absolute Gasteiger partial charge is 0.379 e. The molecule has 0 bridgehead atoms. The van der Waals surface area contributed by atoms with E-state index in [0.29, 0.717) is 126 Å². The second-order valence-electron chi connectivity index (χ2n) is 11.1. The van der Waals surface area contributed by atoms with E-state index in [1.165, 1.54) is 77.0 Å². The second-order valence-corrected chi connectivity index (χ2v) is 11.1. The van der Waals surface area contributed by atoms with Crippen molar-refractivity contribution in [3.63, 3.8) is 0 Å². The van der Waals surface area contributed by atoms with Crippen molar-refractivity contribution in [2.24, 2.45) is 0 Å². The fraction of sp³-hybridized carbons (Fsp3) is 0.944. The Balaban J connectivity index is 3.03. The summed E-state index contributed by atoms with van der Waals surface area (Å²) in [6.45, 7) is 17.2. The Hall–Kier alpha value is -0.660. The molecule has 0 aliphatic heterocycles. The molecular weight excluding hydrogens is 592 g/mol. The van der Waals surface area contributed by atoms with Gasteiger partial charge in [0, 0.05) is 6.61 Å². The van der Waals surface area contributed by atoms with Crippen molar-refractivity contribution < 1.29 is 47.4 Å². The Morgan fingerprint density at radius 3 is 0.761 bits per heavy atom. The first-order valence-electron chi connectivity index (χ1n) is 18.3. The van der Waals surface area contributed by atoms with Crippen LogP contribution in [0.5, 0.6) is 0 Å². The molecule has 0 radical (unpaired) electrons. The zero-order chi connectivity index (χ0) is 33.1. The van der Waals surface area contributed by atoms with Gasteiger partial charge in [-0.05, 0) is 6.42 Å². The minimum Gasteiger partial charge on any atom is -0.379 e. The van der Waals surface area contributed by atoms with Crippen LogP contribution in [0.1, 0.15) is 90.4 Å². The predicted molar refractivity (Wildman–Crippen MR) is 184 cm³/mol.